The van der Waals surface area contributed by atoms with E-state index in [1.807, 2.05) is 32.9 Å². The minimum absolute atomic E-state index is 0.00281. The number of nitrogens with one attached hydrogen (secondary N) is 1. The molecule has 0 spiro atoms. The largest absolute Gasteiger partial charge is 0.492 e. The standard InChI is InChI=1S/C24H28N4O5/c1-24(2,3)14-21(29)25-11-12-33-18-8-5-16(6-9-18)20-13-19(23(30)31)27-28(20)17-7-10-22(32-4)26-15-17/h5-10,13,15H,11-12,14H2,1-4H3,(H,25,29)(H,30,31). The first-order valence-electron chi connectivity index (χ1n) is 10.5. The van der Waals surface area contributed by atoms with Gasteiger partial charge in [-0.2, -0.15) is 5.10 Å². The van der Waals surface area contributed by atoms with Gasteiger partial charge in [0.2, 0.25) is 11.8 Å². The molecule has 1 amide bonds. The number of amides is 1. The zero-order chi connectivity index (χ0) is 24.0. The summed E-state index contributed by atoms with van der Waals surface area (Å²) in [7, 11) is 1.52. The maximum absolute atomic E-state index is 11.9. The van der Waals surface area contributed by atoms with Crippen LogP contribution in [0.2, 0.25) is 0 Å². The fourth-order valence-electron chi connectivity index (χ4n) is 3.13. The van der Waals surface area contributed by atoms with Crippen LogP contribution in [-0.4, -0.2) is 52.0 Å². The highest BCUT2D eigenvalue weighted by Crippen LogP contribution is 2.26. The molecule has 9 heteroatoms. The van der Waals surface area contributed by atoms with Crippen molar-refractivity contribution in [2.45, 2.75) is 27.2 Å². The van der Waals surface area contributed by atoms with Gasteiger partial charge < -0.3 is 19.9 Å². The number of carbonyl (C=O) groups excluding carboxylic acids is 1. The third kappa shape index (κ3) is 6.55. The number of carboxylic acid groups (broad SMARTS) is 1. The second-order valence-electron chi connectivity index (χ2n) is 8.65. The average Bonchev–Trinajstić information content (AvgIpc) is 3.22. The summed E-state index contributed by atoms with van der Waals surface area (Å²) in [5.41, 5.74) is 1.82. The fraction of sp³-hybridized carbons (Fsp3) is 0.333. The molecule has 3 aromatic rings. The lowest BCUT2D eigenvalue weighted by atomic mass is 9.92. The number of aromatic nitrogens is 3. The highest BCUT2D eigenvalue weighted by molar-refractivity contribution is 5.87. The Bertz CT molecular complexity index is 1100. The number of rotatable bonds is 9. The monoisotopic (exact) mass is 452 g/mol. The van der Waals surface area contributed by atoms with Gasteiger partial charge in [0.15, 0.2) is 5.69 Å². The van der Waals surface area contributed by atoms with Crippen molar-refractivity contribution in [2.24, 2.45) is 5.41 Å². The van der Waals surface area contributed by atoms with E-state index in [1.165, 1.54) is 17.9 Å². The molecule has 174 valence electrons. The second-order valence-corrected chi connectivity index (χ2v) is 8.65. The Morgan fingerprint density at radius 2 is 1.85 bits per heavy atom. The summed E-state index contributed by atoms with van der Waals surface area (Å²) in [5, 5.41) is 16.5. The van der Waals surface area contributed by atoms with E-state index in [1.54, 1.807) is 30.5 Å². The number of methoxy groups -OCH3 is 1. The van der Waals surface area contributed by atoms with Gasteiger partial charge in [0.25, 0.3) is 0 Å². The molecule has 0 atom stereocenters. The van der Waals surface area contributed by atoms with Gasteiger partial charge in [0, 0.05) is 18.1 Å². The topological polar surface area (TPSA) is 116 Å². The predicted octanol–water partition coefficient (Wildman–Crippen LogP) is 3.57. The zero-order valence-electron chi connectivity index (χ0n) is 19.2. The van der Waals surface area contributed by atoms with E-state index in [9.17, 15) is 14.7 Å². The lowest BCUT2D eigenvalue weighted by Crippen LogP contribution is -2.30. The van der Waals surface area contributed by atoms with Crippen LogP contribution in [0.3, 0.4) is 0 Å². The normalized spacial score (nSPS) is 11.2. The van der Waals surface area contributed by atoms with E-state index in [-0.39, 0.29) is 17.0 Å². The van der Waals surface area contributed by atoms with Gasteiger partial charge in [-0.25, -0.2) is 14.5 Å². The Balaban J connectivity index is 1.69. The molecule has 0 fully saturated rings. The van der Waals surface area contributed by atoms with Gasteiger partial charge in [0.1, 0.15) is 12.4 Å². The number of hydrogen-bond donors (Lipinski definition) is 2. The van der Waals surface area contributed by atoms with E-state index in [0.717, 1.165) is 5.56 Å². The molecule has 2 N–H and O–H groups in total. The number of benzene rings is 1. The highest BCUT2D eigenvalue weighted by atomic mass is 16.5. The van der Waals surface area contributed by atoms with Crippen LogP contribution in [0.15, 0.2) is 48.7 Å². The van der Waals surface area contributed by atoms with Crippen molar-refractivity contribution in [1.82, 2.24) is 20.1 Å². The Hall–Kier alpha value is -3.88. The molecule has 33 heavy (non-hydrogen) atoms. The van der Waals surface area contributed by atoms with Gasteiger partial charge in [-0.1, -0.05) is 20.8 Å². The summed E-state index contributed by atoms with van der Waals surface area (Å²) in [6.07, 6.45) is 2.02. The number of hydrogen-bond acceptors (Lipinski definition) is 6. The van der Waals surface area contributed by atoms with Crippen LogP contribution < -0.4 is 14.8 Å². The summed E-state index contributed by atoms with van der Waals surface area (Å²) in [5.74, 6) is -0.0385. The molecule has 0 saturated carbocycles. The molecule has 0 bridgehead atoms. The zero-order valence-corrected chi connectivity index (χ0v) is 19.2. The van der Waals surface area contributed by atoms with Crippen molar-refractivity contribution in [1.29, 1.82) is 0 Å². The van der Waals surface area contributed by atoms with Crippen LogP contribution in [0.5, 0.6) is 11.6 Å². The van der Waals surface area contributed by atoms with Crippen LogP contribution in [0.25, 0.3) is 16.9 Å². The van der Waals surface area contributed by atoms with Crippen molar-refractivity contribution in [2.75, 3.05) is 20.3 Å². The van der Waals surface area contributed by atoms with Gasteiger partial charge in [-0.05, 0) is 41.8 Å². The maximum Gasteiger partial charge on any atom is 0.356 e. The molecule has 2 heterocycles. The molecule has 0 unspecified atom stereocenters. The average molecular weight is 453 g/mol. The van der Waals surface area contributed by atoms with E-state index in [2.05, 4.69) is 15.4 Å². The minimum Gasteiger partial charge on any atom is -0.492 e. The summed E-state index contributed by atoms with van der Waals surface area (Å²) in [4.78, 5) is 27.5. The Morgan fingerprint density at radius 1 is 1.12 bits per heavy atom. The number of carbonyl (C=O) groups is 2. The molecule has 2 aromatic heterocycles. The predicted molar refractivity (Wildman–Crippen MR) is 123 cm³/mol. The van der Waals surface area contributed by atoms with Crippen molar-refractivity contribution < 1.29 is 24.2 Å². The van der Waals surface area contributed by atoms with Crippen molar-refractivity contribution in [3.8, 4) is 28.6 Å². The van der Waals surface area contributed by atoms with E-state index >= 15 is 0 Å². The first-order chi connectivity index (χ1) is 15.7. The van der Waals surface area contributed by atoms with Gasteiger partial charge in [0.05, 0.1) is 31.2 Å². The molecular formula is C24H28N4O5. The first-order valence-corrected chi connectivity index (χ1v) is 10.5. The molecule has 0 aliphatic heterocycles. The molecule has 0 aliphatic carbocycles. The van der Waals surface area contributed by atoms with Crippen molar-refractivity contribution in [3.63, 3.8) is 0 Å². The lowest BCUT2D eigenvalue weighted by molar-refractivity contribution is -0.122. The minimum atomic E-state index is -1.12. The van der Waals surface area contributed by atoms with Crippen molar-refractivity contribution >= 4 is 11.9 Å². The molecule has 3 rings (SSSR count). The number of aromatic carboxylic acids is 1. The molecular weight excluding hydrogens is 424 g/mol. The Morgan fingerprint density at radius 3 is 2.42 bits per heavy atom. The van der Waals surface area contributed by atoms with E-state index in [4.69, 9.17) is 9.47 Å². The smallest absolute Gasteiger partial charge is 0.356 e. The van der Waals surface area contributed by atoms with Crippen molar-refractivity contribution in [3.05, 3.63) is 54.4 Å². The number of ether oxygens (including phenoxy) is 2. The third-order valence-electron chi connectivity index (χ3n) is 4.64. The Kier molecular flexibility index (Phi) is 7.32. The van der Waals surface area contributed by atoms with E-state index in [0.29, 0.717) is 42.6 Å². The van der Waals surface area contributed by atoms with Crippen LogP contribution in [0.4, 0.5) is 0 Å². The maximum atomic E-state index is 11.9. The van der Waals surface area contributed by atoms with Crippen LogP contribution in [0, 0.1) is 5.41 Å². The number of nitrogens with zero attached hydrogens (tertiary/aromatic N) is 3. The third-order valence-corrected chi connectivity index (χ3v) is 4.64. The fourth-order valence-corrected chi connectivity index (χ4v) is 3.13. The lowest BCUT2D eigenvalue weighted by Gasteiger charge is -2.17. The molecule has 0 radical (unpaired) electrons. The van der Waals surface area contributed by atoms with Crippen LogP contribution >= 0.6 is 0 Å². The van der Waals surface area contributed by atoms with Gasteiger partial charge in [-0.15, -0.1) is 0 Å². The number of carboxylic acids is 1. The summed E-state index contributed by atoms with van der Waals surface area (Å²) in [6, 6.07) is 12.2. The molecule has 9 nitrogen and oxygen atoms in total. The summed E-state index contributed by atoms with van der Waals surface area (Å²) >= 11 is 0. The van der Waals surface area contributed by atoms with Crippen LogP contribution in [-0.2, 0) is 4.79 Å². The van der Waals surface area contributed by atoms with Crippen LogP contribution in [0.1, 0.15) is 37.7 Å². The summed E-state index contributed by atoms with van der Waals surface area (Å²) < 4.78 is 12.3. The summed E-state index contributed by atoms with van der Waals surface area (Å²) in [6.45, 7) is 6.80. The first kappa shape index (κ1) is 23.8. The molecule has 0 saturated heterocycles. The number of pyridine rings is 1. The van der Waals surface area contributed by atoms with Gasteiger partial charge in [-0.3, -0.25) is 4.79 Å². The second kappa shape index (κ2) is 10.2. The molecule has 1 aromatic carbocycles. The molecule has 0 aliphatic rings. The van der Waals surface area contributed by atoms with Gasteiger partial charge >= 0.3 is 5.97 Å². The highest BCUT2D eigenvalue weighted by Gasteiger charge is 2.17. The SMILES string of the molecule is COc1ccc(-n2nc(C(=O)O)cc2-c2ccc(OCCNC(=O)CC(C)(C)C)cc2)cn1. The van der Waals surface area contributed by atoms with E-state index < -0.39 is 5.97 Å². The Labute approximate surface area is 192 Å². The quantitative estimate of drug-likeness (QED) is 0.477.